The fraction of sp³-hybridized carbons (Fsp3) is 0.267. The van der Waals surface area contributed by atoms with Crippen molar-refractivity contribution >= 4 is 16.9 Å². The molecule has 6 nitrogen and oxygen atoms in total. The van der Waals surface area contributed by atoms with Gasteiger partial charge < -0.3 is 14.6 Å². The summed E-state index contributed by atoms with van der Waals surface area (Å²) in [6.07, 6.45) is 7.18. The van der Waals surface area contributed by atoms with Crippen LogP contribution in [0.2, 0.25) is 0 Å². The molecule has 0 amide bonds. The molecule has 1 saturated heterocycles. The Morgan fingerprint density at radius 2 is 2.14 bits per heavy atom. The molecule has 3 aromatic rings. The number of hydrogen-bond donors (Lipinski definition) is 1. The summed E-state index contributed by atoms with van der Waals surface area (Å²) in [5.74, 6) is 0.739. The third-order valence-corrected chi connectivity index (χ3v) is 3.74. The van der Waals surface area contributed by atoms with Crippen molar-refractivity contribution in [2.75, 3.05) is 24.7 Å². The highest BCUT2D eigenvalue weighted by molar-refractivity contribution is 5.79. The number of rotatable bonds is 2. The Morgan fingerprint density at radius 3 is 3.00 bits per heavy atom. The summed E-state index contributed by atoms with van der Waals surface area (Å²) in [5, 5.41) is 1.15. The molecular weight excluding hydrogens is 266 g/mol. The summed E-state index contributed by atoms with van der Waals surface area (Å²) >= 11 is 0. The van der Waals surface area contributed by atoms with Crippen molar-refractivity contribution in [2.45, 2.75) is 6.04 Å². The first-order valence-electron chi connectivity index (χ1n) is 6.96. The molecule has 0 saturated carbocycles. The van der Waals surface area contributed by atoms with Gasteiger partial charge in [-0.05, 0) is 18.2 Å². The van der Waals surface area contributed by atoms with Gasteiger partial charge in [0.15, 0.2) is 0 Å². The van der Waals surface area contributed by atoms with Gasteiger partial charge in [0.2, 0.25) is 5.95 Å². The number of H-pyrrole nitrogens is 1. The Bertz CT molecular complexity index is 709. The number of aromatic amines is 1. The highest BCUT2D eigenvalue weighted by atomic mass is 16.5. The van der Waals surface area contributed by atoms with Gasteiger partial charge in [0, 0.05) is 36.2 Å². The third-order valence-electron chi connectivity index (χ3n) is 3.74. The molecule has 1 aliphatic rings. The fourth-order valence-corrected chi connectivity index (χ4v) is 2.71. The summed E-state index contributed by atoms with van der Waals surface area (Å²) < 4.78 is 5.65. The van der Waals surface area contributed by atoms with Crippen molar-refractivity contribution in [3.63, 3.8) is 0 Å². The molecule has 1 atom stereocenters. The topological polar surface area (TPSA) is 66.9 Å². The monoisotopic (exact) mass is 281 g/mol. The number of ether oxygens (including phenoxy) is 1. The van der Waals surface area contributed by atoms with E-state index in [4.69, 9.17) is 4.74 Å². The molecule has 0 aliphatic carbocycles. The van der Waals surface area contributed by atoms with Gasteiger partial charge in [-0.2, -0.15) is 0 Å². The second kappa shape index (κ2) is 5.14. The van der Waals surface area contributed by atoms with E-state index in [1.54, 1.807) is 18.6 Å². The Hall–Kier alpha value is -2.47. The molecule has 1 aliphatic heterocycles. The second-order valence-corrected chi connectivity index (χ2v) is 5.02. The van der Waals surface area contributed by atoms with Gasteiger partial charge in [-0.25, -0.2) is 9.97 Å². The van der Waals surface area contributed by atoms with Gasteiger partial charge in [-0.15, -0.1) is 0 Å². The minimum atomic E-state index is 0.0912. The van der Waals surface area contributed by atoms with E-state index < -0.39 is 0 Å². The summed E-state index contributed by atoms with van der Waals surface area (Å²) in [7, 11) is 0. The number of nitrogens with one attached hydrogen (secondary N) is 1. The van der Waals surface area contributed by atoms with Crippen LogP contribution in [0.1, 0.15) is 11.7 Å². The molecule has 1 fully saturated rings. The minimum Gasteiger partial charge on any atom is -0.377 e. The maximum Gasteiger partial charge on any atom is 0.225 e. The predicted octanol–water partition coefficient (Wildman–Crippen LogP) is 1.93. The van der Waals surface area contributed by atoms with Crippen LogP contribution in [0.15, 0.2) is 43.0 Å². The van der Waals surface area contributed by atoms with E-state index >= 15 is 0 Å². The Kier molecular flexibility index (Phi) is 3.01. The van der Waals surface area contributed by atoms with E-state index in [-0.39, 0.29) is 6.04 Å². The molecule has 0 aromatic carbocycles. The molecule has 21 heavy (non-hydrogen) atoms. The lowest BCUT2D eigenvalue weighted by molar-refractivity contribution is 0.0923. The van der Waals surface area contributed by atoms with Gasteiger partial charge in [-0.1, -0.05) is 0 Å². The maximum atomic E-state index is 5.65. The van der Waals surface area contributed by atoms with E-state index in [0.717, 1.165) is 29.1 Å². The van der Waals surface area contributed by atoms with Crippen LogP contribution in [-0.2, 0) is 4.74 Å². The first kappa shape index (κ1) is 12.3. The van der Waals surface area contributed by atoms with E-state index in [1.165, 1.54) is 0 Å². The number of aromatic nitrogens is 4. The number of morpholine rings is 1. The highest BCUT2D eigenvalue weighted by Crippen LogP contribution is 2.28. The first-order valence-corrected chi connectivity index (χ1v) is 6.96. The summed E-state index contributed by atoms with van der Waals surface area (Å²) in [5.41, 5.74) is 2.14. The largest absolute Gasteiger partial charge is 0.377 e. The van der Waals surface area contributed by atoms with E-state index in [1.807, 2.05) is 18.3 Å². The highest BCUT2D eigenvalue weighted by Gasteiger charge is 2.27. The Labute approximate surface area is 121 Å². The molecular formula is C15H15N5O. The van der Waals surface area contributed by atoms with Crippen LogP contribution in [0.25, 0.3) is 10.9 Å². The summed E-state index contributed by atoms with van der Waals surface area (Å²) in [6, 6.07) is 6.07. The zero-order valence-electron chi connectivity index (χ0n) is 11.4. The molecule has 0 radical (unpaired) electrons. The van der Waals surface area contributed by atoms with Crippen molar-refractivity contribution in [1.82, 2.24) is 19.9 Å². The second-order valence-electron chi connectivity index (χ2n) is 5.02. The van der Waals surface area contributed by atoms with Crippen molar-refractivity contribution in [3.8, 4) is 0 Å². The fourth-order valence-electron chi connectivity index (χ4n) is 2.71. The van der Waals surface area contributed by atoms with Gasteiger partial charge >= 0.3 is 0 Å². The molecule has 1 unspecified atom stereocenters. The SMILES string of the molecule is c1cnc(N2CCOCC2c2cc3ccncc3[nH]2)nc1. The summed E-state index contributed by atoms with van der Waals surface area (Å²) in [6.45, 7) is 2.09. The van der Waals surface area contributed by atoms with Crippen LogP contribution in [0.5, 0.6) is 0 Å². The van der Waals surface area contributed by atoms with Gasteiger partial charge in [0.05, 0.1) is 31.0 Å². The van der Waals surface area contributed by atoms with Crippen LogP contribution in [0.4, 0.5) is 5.95 Å². The molecule has 3 aromatic heterocycles. The number of nitrogens with zero attached hydrogens (tertiary/aromatic N) is 4. The molecule has 106 valence electrons. The molecule has 0 spiro atoms. The van der Waals surface area contributed by atoms with E-state index in [9.17, 15) is 0 Å². The molecule has 0 bridgehead atoms. The average molecular weight is 281 g/mol. The lowest BCUT2D eigenvalue weighted by atomic mass is 10.1. The zero-order chi connectivity index (χ0) is 14.1. The Morgan fingerprint density at radius 1 is 1.24 bits per heavy atom. The lowest BCUT2D eigenvalue weighted by Gasteiger charge is -2.35. The van der Waals surface area contributed by atoms with Gasteiger partial charge in [-0.3, -0.25) is 4.98 Å². The maximum absolute atomic E-state index is 5.65. The normalized spacial score (nSPS) is 19.0. The van der Waals surface area contributed by atoms with Crippen molar-refractivity contribution in [2.24, 2.45) is 0 Å². The van der Waals surface area contributed by atoms with E-state index in [0.29, 0.717) is 13.2 Å². The Balaban J connectivity index is 1.73. The van der Waals surface area contributed by atoms with Crippen molar-refractivity contribution < 1.29 is 4.74 Å². The molecule has 4 rings (SSSR count). The molecule has 1 N–H and O–H groups in total. The van der Waals surface area contributed by atoms with Crippen molar-refractivity contribution in [3.05, 3.63) is 48.7 Å². The number of fused-ring (bicyclic) bond motifs is 1. The molecule has 6 heteroatoms. The zero-order valence-corrected chi connectivity index (χ0v) is 11.4. The number of pyridine rings is 1. The number of hydrogen-bond acceptors (Lipinski definition) is 5. The van der Waals surface area contributed by atoms with Gasteiger partial charge in [0.25, 0.3) is 0 Å². The average Bonchev–Trinajstić information content (AvgIpc) is 2.99. The first-order chi connectivity index (χ1) is 10.4. The summed E-state index contributed by atoms with van der Waals surface area (Å²) in [4.78, 5) is 18.5. The van der Waals surface area contributed by atoms with Crippen molar-refractivity contribution in [1.29, 1.82) is 0 Å². The van der Waals surface area contributed by atoms with Crippen LogP contribution < -0.4 is 4.90 Å². The molecule has 4 heterocycles. The smallest absolute Gasteiger partial charge is 0.225 e. The lowest BCUT2D eigenvalue weighted by Crippen LogP contribution is -2.40. The predicted molar refractivity (Wildman–Crippen MR) is 79.0 cm³/mol. The quantitative estimate of drug-likeness (QED) is 0.777. The van der Waals surface area contributed by atoms with Crippen LogP contribution in [0.3, 0.4) is 0 Å². The van der Waals surface area contributed by atoms with Crippen LogP contribution in [-0.4, -0.2) is 39.7 Å². The number of anilines is 1. The standard InChI is InChI=1S/C15H15N5O/c1-3-17-15(18-4-1)20-6-7-21-10-14(20)12-8-11-2-5-16-9-13(11)19-12/h1-5,8-9,14,19H,6-7,10H2. The third kappa shape index (κ3) is 2.23. The van der Waals surface area contributed by atoms with Crippen LogP contribution >= 0.6 is 0 Å². The van der Waals surface area contributed by atoms with E-state index in [2.05, 4.69) is 30.9 Å². The van der Waals surface area contributed by atoms with Gasteiger partial charge in [0.1, 0.15) is 0 Å². The van der Waals surface area contributed by atoms with Crippen LogP contribution in [0, 0.1) is 0 Å². The minimum absolute atomic E-state index is 0.0912.